The lowest BCUT2D eigenvalue weighted by Crippen LogP contribution is -2.01. The zero-order chi connectivity index (χ0) is 9.52. The van der Waals surface area contributed by atoms with E-state index in [-0.39, 0.29) is 0 Å². The van der Waals surface area contributed by atoms with E-state index >= 15 is 0 Å². The molecule has 1 aromatic heterocycles. The third-order valence-corrected chi connectivity index (χ3v) is 2.49. The van der Waals surface area contributed by atoms with Gasteiger partial charge in [-0.25, -0.2) is 4.98 Å². The van der Waals surface area contributed by atoms with E-state index in [0.29, 0.717) is 0 Å². The van der Waals surface area contributed by atoms with Gasteiger partial charge in [0.2, 0.25) is 0 Å². The van der Waals surface area contributed by atoms with Gasteiger partial charge in [0.1, 0.15) is 5.82 Å². The molecule has 0 saturated carbocycles. The SMILES string of the molecule is CCc1nccn1CCCCCS. The molecule has 1 heterocycles. The van der Waals surface area contributed by atoms with E-state index in [0.717, 1.165) is 18.7 Å². The Morgan fingerprint density at radius 3 is 2.92 bits per heavy atom. The molecule has 0 aliphatic heterocycles. The zero-order valence-electron chi connectivity index (χ0n) is 8.24. The molecule has 0 aliphatic rings. The van der Waals surface area contributed by atoms with Gasteiger partial charge in [-0.1, -0.05) is 13.3 Å². The molecule has 1 aromatic rings. The molecule has 0 saturated heterocycles. The van der Waals surface area contributed by atoms with Gasteiger partial charge in [-0.05, 0) is 18.6 Å². The van der Waals surface area contributed by atoms with Crippen molar-refractivity contribution >= 4 is 12.6 Å². The molecular weight excluding hydrogens is 180 g/mol. The van der Waals surface area contributed by atoms with Crippen LogP contribution in [0.3, 0.4) is 0 Å². The number of hydrogen-bond acceptors (Lipinski definition) is 2. The smallest absolute Gasteiger partial charge is 0.108 e. The summed E-state index contributed by atoms with van der Waals surface area (Å²) >= 11 is 4.19. The number of aryl methyl sites for hydroxylation is 2. The summed E-state index contributed by atoms with van der Waals surface area (Å²) in [6.45, 7) is 3.25. The van der Waals surface area contributed by atoms with Gasteiger partial charge in [-0.2, -0.15) is 12.6 Å². The molecule has 0 radical (unpaired) electrons. The highest BCUT2D eigenvalue weighted by Gasteiger charge is 1.98. The Morgan fingerprint density at radius 1 is 1.38 bits per heavy atom. The van der Waals surface area contributed by atoms with Crippen LogP contribution >= 0.6 is 12.6 Å². The Morgan fingerprint density at radius 2 is 2.23 bits per heavy atom. The highest BCUT2D eigenvalue weighted by atomic mass is 32.1. The van der Waals surface area contributed by atoms with E-state index < -0.39 is 0 Å². The molecule has 0 atom stereocenters. The number of aromatic nitrogens is 2. The summed E-state index contributed by atoms with van der Waals surface area (Å²) in [5, 5.41) is 0. The van der Waals surface area contributed by atoms with Crippen LogP contribution in [0.1, 0.15) is 32.0 Å². The zero-order valence-corrected chi connectivity index (χ0v) is 9.13. The Labute approximate surface area is 85.8 Å². The molecule has 0 aromatic carbocycles. The first-order valence-corrected chi connectivity index (χ1v) is 5.62. The third kappa shape index (κ3) is 3.43. The minimum absolute atomic E-state index is 1.00. The van der Waals surface area contributed by atoms with Crippen molar-refractivity contribution in [2.24, 2.45) is 0 Å². The lowest BCUT2D eigenvalue weighted by atomic mass is 10.2. The van der Waals surface area contributed by atoms with Crippen molar-refractivity contribution in [2.75, 3.05) is 5.75 Å². The Balaban J connectivity index is 2.27. The number of imidazole rings is 1. The number of thiol groups is 1. The van der Waals surface area contributed by atoms with Gasteiger partial charge in [0.15, 0.2) is 0 Å². The first kappa shape index (κ1) is 10.6. The quantitative estimate of drug-likeness (QED) is 0.549. The average molecular weight is 198 g/mol. The second kappa shape index (κ2) is 6.08. The number of unbranched alkanes of at least 4 members (excludes halogenated alkanes) is 2. The van der Waals surface area contributed by atoms with Gasteiger partial charge >= 0.3 is 0 Å². The molecular formula is C10H18N2S. The highest BCUT2D eigenvalue weighted by molar-refractivity contribution is 7.80. The molecule has 0 aliphatic carbocycles. The molecule has 74 valence electrons. The van der Waals surface area contributed by atoms with Gasteiger partial charge in [0.25, 0.3) is 0 Å². The summed E-state index contributed by atoms with van der Waals surface area (Å²) < 4.78 is 2.25. The van der Waals surface area contributed by atoms with E-state index in [1.807, 2.05) is 6.20 Å². The molecule has 13 heavy (non-hydrogen) atoms. The van der Waals surface area contributed by atoms with Crippen molar-refractivity contribution in [1.29, 1.82) is 0 Å². The maximum atomic E-state index is 4.28. The lowest BCUT2D eigenvalue weighted by Gasteiger charge is -2.05. The number of rotatable bonds is 6. The summed E-state index contributed by atoms with van der Waals surface area (Å²) in [5.74, 6) is 2.20. The van der Waals surface area contributed by atoms with Crippen LogP contribution < -0.4 is 0 Å². The van der Waals surface area contributed by atoms with Gasteiger partial charge in [-0.15, -0.1) is 0 Å². The van der Waals surface area contributed by atoms with E-state index in [2.05, 4.69) is 35.3 Å². The van der Waals surface area contributed by atoms with Crippen LogP contribution in [0.2, 0.25) is 0 Å². The van der Waals surface area contributed by atoms with Crippen LogP contribution in [0.25, 0.3) is 0 Å². The second-order valence-electron chi connectivity index (χ2n) is 3.17. The molecule has 0 amide bonds. The van der Waals surface area contributed by atoms with Crippen molar-refractivity contribution in [3.8, 4) is 0 Å². The standard InChI is InChI=1S/C10H18N2S/c1-2-10-11-6-8-12(10)7-4-3-5-9-13/h6,8,13H,2-5,7,9H2,1H3. The average Bonchev–Trinajstić information content (AvgIpc) is 2.60. The number of nitrogens with zero attached hydrogens (tertiary/aromatic N) is 2. The lowest BCUT2D eigenvalue weighted by molar-refractivity contribution is 0.584. The van der Waals surface area contributed by atoms with Crippen LogP contribution in [-0.2, 0) is 13.0 Å². The molecule has 0 fully saturated rings. The van der Waals surface area contributed by atoms with E-state index in [1.54, 1.807) is 0 Å². The Hall–Kier alpha value is -0.440. The minimum Gasteiger partial charge on any atom is -0.335 e. The maximum Gasteiger partial charge on any atom is 0.108 e. The van der Waals surface area contributed by atoms with Crippen LogP contribution in [0.4, 0.5) is 0 Å². The summed E-state index contributed by atoms with van der Waals surface area (Å²) in [5.41, 5.74) is 0. The predicted molar refractivity (Wildman–Crippen MR) is 59.3 cm³/mol. The van der Waals surface area contributed by atoms with Crippen molar-refractivity contribution in [3.63, 3.8) is 0 Å². The molecule has 0 unspecified atom stereocenters. The third-order valence-electron chi connectivity index (χ3n) is 2.18. The van der Waals surface area contributed by atoms with E-state index in [4.69, 9.17) is 0 Å². The monoisotopic (exact) mass is 198 g/mol. The summed E-state index contributed by atoms with van der Waals surface area (Å²) in [4.78, 5) is 4.28. The summed E-state index contributed by atoms with van der Waals surface area (Å²) in [7, 11) is 0. The van der Waals surface area contributed by atoms with Crippen LogP contribution in [0.15, 0.2) is 12.4 Å². The summed E-state index contributed by atoms with van der Waals surface area (Å²) in [6, 6.07) is 0. The van der Waals surface area contributed by atoms with Gasteiger partial charge in [0.05, 0.1) is 0 Å². The van der Waals surface area contributed by atoms with Crippen LogP contribution in [-0.4, -0.2) is 15.3 Å². The van der Waals surface area contributed by atoms with Gasteiger partial charge in [-0.3, -0.25) is 0 Å². The highest BCUT2D eigenvalue weighted by Crippen LogP contribution is 2.03. The van der Waals surface area contributed by atoms with Crippen LogP contribution in [0, 0.1) is 0 Å². The molecule has 0 N–H and O–H groups in total. The summed E-state index contributed by atoms with van der Waals surface area (Å²) in [6.07, 6.45) is 8.71. The van der Waals surface area contributed by atoms with Crippen molar-refractivity contribution < 1.29 is 0 Å². The fourth-order valence-corrected chi connectivity index (χ4v) is 1.65. The van der Waals surface area contributed by atoms with E-state index in [9.17, 15) is 0 Å². The van der Waals surface area contributed by atoms with E-state index in [1.165, 1.54) is 25.1 Å². The van der Waals surface area contributed by atoms with Crippen LogP contribution in [0.5, 0.6) is 0 Å². The predicted octanol–water partition coefficient (Wildman–Crippen LogP) is 2.55. The number of hydrogen-bond donors (Lipinski definition) is 1. The largest absolute Gasteiger partial charge is 0.335 e. The fourth-order valence-electron chi connectivity index (χ4n) is 1.43. The second-order valence-corrected chi connectivity index (χ2v) is 3.62. The Kier molecular flexibility index (Phi) is 4.98. The van der Waals surface area contributed by atoms with Gasteiger partial charge < -0.3 is 4.57 Å². The first-order valence-electron chi connectivity index (χ1n) is 4.99. The van der Waals surface area contributed by atoms with Crippen molar-refractivity contribution in [2.45, 2.75) is 39.2 Å². The van der Waals surface area contributed by atoms with Crippen molar-refractivity contribution in [1.82, 2.24) is 9.55 Å². The Bertz CT molecular complexity index is 233. The molecule has 2 nitrogen and oxygen atoms in total. The normalized spacial score (nSPS) is 10.6. The topological polar surface area (TPSA) is 17.8 Å². The molecule has 0 bridgehead atoms. The molecule has 0 spiro atoms. The minimum atomic E-state index is 1.00. The van der Waals surface area contributed by atoms with Crippen molar-refractivity contribution in [3.05, 3.63) is 18.2 Å². The van der Waals surface area contributed by atoms with Gasteiger partial charge in [0, 0.05) is 25.4 Å². The molecule has 3 heteroatoms. The fraction of sp³-hybridized carbons (Fsp3) is 0.700. The molecule has 1 rings (SSSR count). The maximum absolute atomic E-state index is 4.28. The first-order chi connectivity index (χ1) is 6.38.